The van der Waals surface area contributed by atoms with Crippen LogP contribution >= 0.6 is 20.5 Å². The molecule has 15 heavy (non-hydrogen) atoms. The fourth-order valence-corrected chi connectivity index (χ4v) is 6.79. The quantitative estimate of drug-likeness (QED) is 0.641. The maximum absolute atomic E-state index is 11.4. The number of halogens is 1. The van der Waals surface area contributed by atoms with Crippen molar-refractivity contribution in [3.63, 3.8) is 0 Å². The summed E-state index contributed by atoms with van der Waals surface area (Å²) in [6.07, 6.45) is 0.984. The minimum atomic E-state index is -3.52. The van der Waals surface area contributed by atoms with Gasteiger partial charge in [0.1, 0.15) is 0 Å². The summed E-state index contributed by atoms with van der Waals surface area (Å²) in [7, 11) is -3.52. The molecule has 1 N–H and O–H groups in total. The summed E-state index contributed by atoms with van der Waals surface area (Å²) in [6, 6.07) is 6.88. The molecule has 1 aliphatic heterocycles. The molecule has 0 fully saturated rings. The summed E-state index contributed by atoms with van der Waals surface area (Å²) in [5.74, 6) is -0.251. The van der Waals surface area contributed by atoms with E-state index in [0.29, 0.717) is 9.13 Å². The number of hydrogen-bond acceptors (Lipinski definition) is 4. The van der Waals surface area contributed by atoms with E-state index in [1.165, 1.54) is 0 Å². The molecule has 1 amide bonds. The van der Waals surface area contributed by atoms with Gasteiger partial charge >= 0.3 is 95.4 Å². The van der Waals surface area contributed by atoms with Crippen LogP contribution in [0.15, 0.2) is 24.3 Å². The van der Waals surface area contributed by atoms with E-state index in [0.717, 1.165) is 6.26 Å². The minimum absolute atomic E-state index is 0.251. The molecule has 0 saturated carbocycles. The molecule has 0 bridgehead atoms. The Labute approximate surface area is 95.2 Å². The van der Waals surface area contributed by atoms with Crippen LogP contribution in [0.25, 0.3) is 0 Å². The van der Waals surface area contributed by atoms with Crippen molar-refractivity contribution in [2.24, 2.45) is 0 Å². The fourth-order valence-electron chi connectivity index (χ4n) is 1.14. The average molecular weight is 341 g/mol. The van der Waals surface area contributed by atoms with Crippen LogP contribution < -0.4 is 3.53 Å². The molecule has 1 heterocycles. The predicted molar refractivity (Wildman–Crippen MR) is 62.6 cm³/mol. The normalized spacial score (nSPS) is 17.4. The number of amides is 1. The molecule has 0 unspecified atom stereocenters. The van der Waals surface area contributed by atoms with E-state index in [9.17, 15) is 13.2 Å². The Kier molecular flexibility index (Phi) is 2.69. The molecule has 0 aliphatic carbocycles. The van der Waals surface area contributed by atoms with Crippen molar-refractivity contribution >= 4 is 36.5 Å². The van der Waals surface area contributed by atoms with Gasteiger partial charge in [-0.2, -0.15) is 0 Å². The Morgan fingerprint density at radius 3 is 2.67 bits per heavy atom. The number of nitrogens with one attached hydrogen (secondary N) is 1. The van der Waals surface area contributed by atoms with Crippen molar-refractivity contribution in [2.45, 2.75) is 0 Å². The molecule has 1 aromatic carbocycles. The van der Waals surface area contributed by atoms with Crippen LogP contribution in [0.4, 0.5) is 0 Å². The van der Waals surface area contributed by atoms with Crippen LogP contribution in [-0.2, 0) is 12.6 Å². The summed E-state index contributed by atoms with van der Waals surface area (Å²) in [5, 5.41) is 0. The van der Waals surface area contributed by atoms with E-state index in [1.807, 2.05) is 0 Å². The zero-order valence-corrected chi connectivity index (χ0v) is 10.7. The molecule has 82 valence electrons. The topological polar surface area (TPSA) is 72.5 Å². The number of carbonyl (C=O) groups is 1. The standard InChI is InChI=1S/C8H8INO4S/c1-15(12,13)14-9-7-5-3-2-4-6(7)8(11)10-9/h2-5H,1H3,(H,10,11). The van der Waals surface area contributed by atoms with Crippen molar-refractivity contribution in [3.05, 3.63) is 33.4 Å². The molecule has 1 aliphatic rings. The van der Waals surface area contributed by atoms with E-state index >= 15 is 0 Å². The Morgan fingerprint density at radius 2 is 2.00 bits per heavy atom. The second-order valence-electron chi connectivity index (χ2n) is 2.92. The SMILES string of the molecule is CS(=O)(=O)OI1NC(=O)c2ccccc21. The van der Waals surface area contributed by atoms with Gasteiger partial charge < -0.3 is 0 Å². The summed E-state index contributed by atoms with van der Waals surface area (Å²) >= 11 is -2.53. The van der Waals surface area contributed by atoms with Gasteiger partial charge in [-0.1, -0.05) is 0 Å². The van der Waals surface area contributed by atoms with Crippen molar-refractivity contribution in [1.82, 2.24) is 3.53 Å². The number of carbonyl (C=O) groups excluding carboxylic acids is 1. The van der Waals surface area contributed by atoms with Gasteiger partial charge in [0, 0.05) is 0 Å². The monoisotopic (exact) mass is 341 g/mol. The summed E-state index contributed by atoms with van der Waals surface area (Å²) in [5.41, 5.74) is 0.520. The van der Waals surface area contributed by atoms with Crippen LogP contribution in [0.2, 0.25) is 0 Å². The van der Waals surface area contributed by atoms with Gasteiger partial charge in [-0.3, -0.25) is 0 Å². The number of fused-ring (bicyclic) bond motifs is 1. The van der Waals surface area contributed by atoms with Gasteiger partial charge in [0.2, 0.25) is 0 Å². The number of benzene rings is 1. The van der Waals surface area contributed by atoms with Gasteiger partial charge in [-0.25, -0.2) is 0 Å². The molecule has 0 atom stereocenters. The van der Waals surface area contributed by atoms with Crippen molar-refractivity contribution in [2.75, 3.05) is 6.26 Å². The second-order valence-corrected chi connectivity index (χ2v) is 8.65. The molecule has 0 radical (unpaired) electrons. The summed E-state index contributed by atoms with van der Waals surface area (Å²) in [4.78, 5) is 11.4. The van der Waals surface area contributed by atoms with Gasteiger partial charge in [-0.05, 0) is 0 Å². The molecule has 0 aromatic heterocycles. The second kappa shape index (κ2) is 3.72. The molecule has 5 nitrogen and oxygen atoms in total. The van der Waals surface area contributed by atoms with Gasteiger partial charge in [0.05, 0.1) is 0 Å². The van der Waals surface area contributed by atoms with Gasteiger partial charge in [-0.15, -0.1) is 0 Å². The first-order chi connectivity index (χ1) is 6.97. The Bertz CT molecular complexity index is 513. The van der Waals surface area contributed by atoms with E-state index in [4.69, 9.17) is 2.51 Å². The van der Waals surface area contributed by atoms with Crippen molar-refractivity contribution in [1.29, 1.82) is 0 Å². The molecule has 1 aromatic rings. The Morgan fingerprint density at radius 1 is 1.33 bits per heavy atom. The first-order valence-corrected chi connectivity index (χ1v) is 8.83. The zero-order chi connectivity index (χ0) is 11.1. The number of rotatable bonds is 2. The van der Waals surface area contributed by atoms with Crippen molar-refractivity contribution < 1.29 is 15.7 Å². The molecule has 0 spiro atoms. The third-order valence-corrected chi connectivity index (χ3v) is 8.02. The van der Waals surface area contributed by atoms with Crippen LogP contribution in [-0.4, -0.2) is 20.6 Å². The molecule has 2 rings (SSSR count). The average Bonchev–Trinajstić information content (AvgIpc) is 2.42. The summed E-state index contributed by atoms with van der Waals surface area (Å²) < 4.78 is 30.1. The third kappa shape index (κ3) is 2.29. The van der Waals surface area contributed by atoms with E-state index in [-0.39, 0.29) is 5.91 Å². The van der Waals surface area contributed by atoms with Gasteiger partial charge in [0.25, 0.3) is 0 Å². The van der Waals surface area contributed by atoms with Crippen LogP contribution in [0.1, 0.15) is 10.4 Å². The van der Waals surface area contributed by atoms with E-state index in [2.05, 4.69) is 3.53 Å². The Hall–Kier alpha value is -0.670. The van der Waals surface area contributed by atoms with E-state index in [1.54, 1.807) is 24.3 Å². The first-order valence-electron chi connectivity index (χ1n) is 3.97. The predicted octanol–water partition coefficient (Wildman–Crippen LogP) is 0.912. The third-order valence-electron chi connectivity index (χ3n) is 1.65. The van der Waals surface area contributed by atoms with Crippen LogP contribution in [0.5, 0.6) is 0 Å². The fraction of sp³-hybridized carbons (Fsp3) is 0.125. The molecule has 0 saturated heterocycles. The number of hydrogen-bond donors (Lipinski definition) is 1. The van der Waals surface area contributed by atoms with Crippen LogP contribution in [0, 0.1) is 3.57 Å². The zero-order valence-electron chi connectivity index (χ0n) is 7.73. The van der Waals surface area contributed by atoms with Gasteiger partial charge in [0.15, 0.2) is 0 Å². The maximum atomic E-state index is 11.4. The molecular formula is C8H8INO4S. The van der Waals surface area contributed by atoms with Crippen LogP contribution in [0.3, 0.4) is 0 Å². The van der Waals surface area contributed by atoms with Crippen molar-refractivity contribution in [3.8, 4) is 0 Å². The first kappa shape index (κ1) is 10.8. The Balaban J connectivity index is 2.37. The molecule has 7 heteroatoms. The van der Waals surface area contributed by atoms with E-state index < -0.39 is 30.6 Å². The summed E-state index contributed by atoms with van der Waals surface area (Å²) in [6.45, 7) is 0. The molecular weight excluding hydrogens is 333 g/mol.